The summed E-state index contributed by atoms with van der Waals surface area (Å²) in [6, 6.07) is 8.48. The minimum Gasteiger partial charge on any atom is -0.298 e. The average Bonchev–Trinajstić information content (AvgIpc) is 2.48. The Morgan fingerprint density at radius 3 is 2.19 bits per heavy atom. The van der Waals surface area contributed by atoms with Crippen LogP contribution in [0, 0.1) is 5.92 Å². The summed E-state index contributed by atoms with van der Waals surface area (Å²) in [4.78, 5) is 14.1. The van der Waals surface area contributed by atoms with Gasteiger partial charge in [-0.05, 0) is 12.1 Å². The summed E-state index contributed by atoms with van der Waals surface area (Å²) in [7, 11) is -3.41. The molecule has 1 aliphatic heterocycles. The van der Waals surface area contributed by atoms with Crippen LogP contribution in [-0.4, -0.2) is 56.1 Å². The Hall–Kier alpha value is -1.24. The lowest BCUT2D eigenvalue weighted by Crippen LogP contribution is -2.50. The highest BCUT2D eigenvalue weighted by Crippen LogP contribution is 2.17. The molecule has 1 fully saturated rings. The van der Waals surface area contributed by atoms with Crippen LogP contribution in [0.4, 0.5) is 0 Å². The van der Waals surface area contributed by atoms with E-state index in [2.05, 4.69) is 0 Å². The predicted molar refractivity (Wildman–Crippen MR) is 81.5 cm³/mol. The Labute approximate surface area is 126 Å². The van der Waals surface area contributed by atoms with E-state index in [1.54, 1.807) is 30.3 Å². The third-order valence-electron chi connectivity index (χ3n) is 3.74. The molecule has 116 valence electrons. The van der Waals surface area contributed by atoms with Gasteiger partial charge >= 0.3 is 0 Å². The van der Waals surface area contributed by atoms with Crippen LogP contribution in [0.15, 0.2) is 35.2 Å². The van der Waals surface area contributed by atoms with E-state index in [4.69, 9.17) is 0 Å². The van der Waals surface area contributed by atoms with Crippen molar-refractivity contribution in [3.8, 4) is 0 Å². The van der Waals surface area contributed by atoms with E-state index in [1.807, 2.05) is 18.7 Å². The molecule has 0 saturated carbocycles. The first-order valence-electron chi connectivity index (χ1n) is 7.21. The molecule has 0 aliphatic carbocycles. The van der Waals surface area contributed by atoms with Crippen LogP contribution in [0.5, 0.6) is 0 Å². The third-order valence-corrected chi connectivity index (χ3v) is 5.65. The molecule has 1 saturated heterocycles. The molecular formula is C15H22N2O3S. The second-order valence-electron chi connectivity index (χ2n) is 5.61. The highest BCUT2D eigenvalue weighted by atomic mass is 32.2. The van der Waals surface area contributed by atoms with Gasteiger partial charge in [0.25, 0.3) is 0 Å². The lowest BCUT2D eigenvalue weighted by molar-refractivity contribution is -0.123. The highest BCUT2D eigenvalue weighted by molar-refractivity contribution is 7.89. The molecule has 0 N–H and O–H groups in total. The Bertz CT molecular complexity index is 576. The van der Waals surface area contributed by atoms with Gasteiger partial charge in [0, 0.05) is 32.1 Å². The Kier molecular flexibility index (Phi) is 5.13. The molecule has 1 aromatic carbocycles. The molecule has 1 heterocycles. The van der Waals surface area contributed by atoms with Gasteiger partial charge in [0.15, 0.2) is 0 Å². The largest absolute Gasteiger partial charge is 0.298 e. The standard InChI is InChI=1S/C15H22N2O3S/c1-13(2)15(18)12-16-8-10-17(11-9-16)21(19,20)14-6-4-3-5-7-14/h3-7,13H,8-12H2,1-2H3. The van der Waals surface area contributed by atoms with Gasteiger partial charge in [-0.3, -0.25) is 9.69 Å². The topological polar surface area (TPSA) is 57.7 Å². The van der Waals surface area contributed by atoms with Crippen molar-refractivity contribution < 1.29 is 13.2 Å². The fourth-order valence-electron chi connectivity index (χ4n) is 2.27. The van der Waals surface area contributed by atoms with E-state index in [9.17, 15) is 13.2 Å². The minimum atomic E-state index is -3.41. The summed E-state index contributed by atoms with van der Waals surface area (Å²) in [6.07, 6.45) is 0. The zero-order valence-corrected chi connectivity index (χ0v) is 13.3. The summed E-state index contributed by atoms with van der Waals surface area (Å²) in [5, 5.41) is 0. The zero-order valence-electron chi connectivity index (χ0n) is 12.5. The number of carbonyl (C=O) groups is 1. The van der Waals surface area contributed by atoms with E-state index in [-0.39, 0.29) is 11.7 Å². The maximum atomic E-state index is 12.5. The van der Waals surface area contributed by atoms with Crippen LogP contribution in [0.2, 0.25) is 0 Å². The molecule has 1 aliphatic rings. The molecule has 5 nitrogen and oxygen atoms in total. The number of benzene rings is 1. The number of hydrogen-bond donors (Lipinski definition) is 0. The van der Waals surface area contributed by atoms with E-state index in [0.29, 0.717) is 37.6 Å². The molecule has 21 heavy (non-hydrogen) atoms. The molecule has 0 atom stereocenters. The number of rotatable bonds is 5. The first kappa shape index (κ1) is 16.1. The first-order valence-corrected chi connectivity index (χ1v) is 8.65. The molecule has 6 heteroatoms. The zero-order chi connectivity index (χ0) is 15.5. The van der Waals surface area contributed by atoms with Crippen molar-refractivity contribution in [1.29, 1.82) is 0 Å². The molecule has 2 rings (SSSR count). The van der Waals surface area contributed by atoms with Gasteiger partial charge in [-0.25, -0.2) is 8.42 Å². The molecule has 0 radical (unpaired) electrons. The van der Waals surface area contributed by atoms with Gasteiger partial charge < -0.3 is 0 Å². The van der Waals surface area contributed by atoms with Crippen LogP contribution in [0.3, 0.4) is 0 Å². The lowest BCUT2D eigenvalue weighted by Gasteiger charge is -2.33. The Morgan fingerprint density at radius 1 is 1.10 bits per heavy atom. The van der Waals surface area contributed by atoms with E-state index in [1.165, 1.54) is 4.31 Å². The van der Waals surface area contributed by atoms with Crippen LogP contribution >= 0.6 is 0 Å². The summed E-state index contributed by atoms with van der Waals surface area (Å²) < 4.78 is 26.4. The number of Topliss-reactive ketones (excluding diaryl/α,β-unsaturated/α-hetero) is 1. The number of piperazine rings is 1. The normalized spacial score (nSPS) is 18.0. The van der Waals surface area contributed by atoms with Gasteiger partial charge in [-0.15, -0.1) is 0 Å². The maximum absolute atomic E-state index is 12.5. The van der Waals surface area contributed by atoms with E-state index >= 15 is 0 Å². The van der Waals surface area contributed by atoms with E-state index < -0.39 is 10.0 Å². The fraction of sp³-hybridized carbons (Fsp3) is 0.533. The average molecular weight is 310 g/mol. The number of hydrogen-bond acceptors (Lipinski definition) is 4. The molecule has 0 amide bonds. The van der Waals surface area contributed by atoms with Gasteiger partial charge in [-0.2, -0.15) is 4.31 Å². The second-order valence-corrected chi connectivity index (χ2v) is 7.55. The van der Waals surface area contributed by atoms with Gasteiger partial charge in [0.1, 0.15) is 5.78 Å². The number of nitrogens with zero attached hydrogens (tertiary/aromatic N) is 2. The number of carbonyl (C=O) groups excluding carboxylic acids is 1. The second kappa shape index (κ2) is 6.68. The van der Waals surface area contributed by atoms with Crippen LogP contribution in [0.1, 0.15) is 13.8 Å². The summed E-state index contributed by atoms with van der Waals surface area (Å²) >= 11 is 0. The SMILES string of the molecule is CC(C)C(=O)CN1CCN(S(=O)(=O)c2ccccc2)CC1. The fourth-order valence-corrected chi connectivity index (χ4v) is 3.72. The van der Waals surface area contributed by atoms with Gasteiger partial charge in [0.05, 0.1) is 11.4 Å². The molecule has 0 bridgehead atoms. The monoisotopic (exact) mass is 310 g/mol. The van der Waals surface area contributed by atoms with Crippen LogP contribution in [-0.2, 0) is 14.8 Å². The van der Waals surface area contributed by atoms with Crippen molar-refractivity contribution >= 4 is 15.8 Å². The molecule has 0 unspecified atom stereocenters. The highest BCUT2D eigenvalue weighted by Gasteiger charge is 2.28. The van der Waals surface area contributed by atoms with Crippen LogP contribution < -0.4 is 0 Å². The molecule has 1 aromatic rings. The first-order chi connectivity index (χ1) is 9.91. The summed E-state index contributed by atoms with van der Waals surface area (Å²) in [5.74, 6) is 0.227. The molecule has 0 aromatic heterocycles. The van der Waals surface area contributed by atoms with E-state index in [0.717, 1.165) is 0 Å². The Balaban J connectivity index is 1.97. The quantitative estimate of drug-likeness (QED) is 0.820. The van der Waals surface area contributed by atoms with Crippen molar-refractivity contribution in [2.24, 2.45) is 5.92 Å². The number of sulfonamides is 1. The third kappa shape index (κ3) is 3.90. The van der Waals surface area contributed by atoms with Crippen molar-refractivity contribution in [1.82, 2.24) is 9.21 Å². The van der Waals surface area contributed by atoms with Crippen molar-refractivity contribution in [2.75, 3.05) is 32.7 Å². The summed E-state index contributed by atoms with van der Waals surface area (Å²) in [5.41, 5.74) is 0. The minimum absolute atomic E-state index is 0.0241. The molecular weight excluding hydrogens is 288 g/mol. The smallest absolute Gasteiger partial charge is 0.243 e. The maximum Gasteiger partial charge on any atom is 0.243 e. The Morgan fingerprint density at radius 2 is 1.67 bits per heavy atom. The van der Waals surface area contributed by atoms with Crippen molar-refractivity contribution in [2.45, 2.75) is 18.7 Å². The van der Waals surface area contributed by atoms with Gasteiger partial charge in [0.2, 0.25) is 10.0 Å². The van der Waals surface area contributed by atoms with Gasteiger partial charge in [-0.1, -0.05) is 32.0 Å². The molecule has 0 spiro atoms. The predicted octanol–water partition coefficient (Wildman–Crippen LogP) is 1.22. The van der Waals surface area contributed by atoms with Crippen molar-refractivity contribution in [3.63, 3.8) is 0 Å². The summed E-state index contributed by atoms with van der Waals surface area (Å²) in [6.45, 7) is 6.26. The number of ketones is 1. The lowest BCUT2D eigenvalue weighted by atomic mass is 10.1. The van der Waals surface area contributed by atoms with Crippen LogP contribution in [0.25, 0.3) is 0 Å². The van der Waals surface area contributed by atoms with Crippen molar-refractivity contribution in [3.05, 3.63) is 30.3 Å².